The molecule has 0 spiro atoms. The van der Waals surface area contributed by atoms with E-state index < -0.39 is 0 Å². The standard InChI is InChI=1S/C18H29FN2O3/c1-20(2)9-10-21(15-16-6-4-7-17(19)14-16)18(22)8-5-11-24-13-12-23-3/h4,6-7,14H,5,8-13,15H2,1-3H3. The summed E-state index contributed by atoms with van der Waals surface area (Å²) >= 11 is 0. The van der Waals surface area contributed by atoms with Crippen molar-refractivity contribution in [3.8, 4) is 0 Å². The average molecular weight is 340 g/mol. The maximum absolute atomic E-state index is 13.3. The largest absolute Gasteiger partial charge is 0.382 e. The summed E-state index contributed by atoms with van der Waals surface area (Å²) in [5.74, 6) is -0.212. The van der Waals surface area contributed by atoms with Gasteiger partial charge in [0.1, 0.15) is 5.82 Å². The molecule has 0 aliphatic rings. The predicted octanol–water partition coefficient (Wildman–Crippen LogP) is 2.16. The van der Waals surface area contributed by atoms with Crippen LogP contribution in [0, 0.1) is 5.82 Å². The van der Waals surface area contributed by atoms with Crippen LogP contribution < -0.4 is 0 Å². The number of nitrogens with zero attached hydrogens (tertiary/aromatic N) is 2. The van der Waals surface area contributed by atoms with E-state index in [4.69, 9.17) is 9.47 Å². The molecule has 0 aliphatic carbocycles. The van der Waals surface area contributed by atoms with E-state index in [2.05, 4.69) is 0 Å². The van der Waals surface area contributed by atoms with Crippen LogP contribution in [0.25, 0.3) is 0 Å². The van der Waals surface area contributed by atoms with E-state index in [-0.39, 0.29) is 11.7 Å². The van der Waals surface area contributed by atoms with Gasteiger partial charge in [0.15, 0.2) is 0 Å². The Morgan fingerprint density at radius 1 is 1.17 bits per heavy atom. The molecule has 0 aliphatic heterocycles. The second kappa shape index (κ2) is 11.9. The van der Waals surface area contributed by atoms with Crippen LogP contribution in [0.15, 0.2) is 24.3 Å². The molecule has 0 saturated heterocycles. The molecule has 24 heavy (non-hydrogen) atoms. The topological polar surface area (TPSA) is 42.0 Å². The average Bonchev–Trinajstić information content (AvgIpc) is 2.54. The Morgan fingerprint density at radius 2 is 1.96 bits per heavy atom. The molecular formula is C18H29FN2O3. The van der Waals surface area contributed by atoms with Gasteiger partial charge in [-0.15, -0.1) is 0 Å². The first-order valence-electron chi connectivity index (χ1n) is 8.26. The maximum atomic E-state index is 13.3. The molecule has 0 saturated carbocycles. The zero-order valence-corrected chi connectivity index (χ0v) is 15.0. The van der Waals surface area contributed by atoms with Crippen molar-refractivity contribution in [1.29, 1.82) is 0 Å². The van der Waals surface area contributed by atoms with E-state index in [9.17, 15) is 9.18 Å². The molecule has 0 aromatic heterocycles. The molecule has 136 valence electrons. The Bertz CT molecular complexity index is 483. The number of hydrogen-bond acceptors (Lipinski definition) is 4. The van der Waals surface area contributed by atoms with Crippen LogP contribution in [0.4, 0.5) is 4.39 Å². The van der Waals surface area contributed by atoms with Gasteiger partial charge in [-0.05, 0) is 38.2 Å². The normalized spacial score (nSPS) is 11.0. The summed E-state index contributed by atoms with van der Waals surface area (Å²) < 4.78 is 23.6. The number of benzene rings is 1. The number of likely N-dealkylation sites (N-methyl/N-ethyl adjacent to an activating group) is 1. The number of halogens is 1. The van der Waals surface area contributed by atoms with Crippen molar-refractivity contribution >= 4 is 5.91 Å². The molecule has 0 unspecified atom stereocenters. The highest BCUT2D eigenvalue weighted by atomic mass is 19.1. The quantitative estimate of drug-likeness (QED) is 0.547. The van der Waals surface area contributed by atoms with Gasteiger partial charge in [-0.1, -0.05) is 12.1 Å². The lowest BCUT2D eigenvalue weighted by atomic mass is 10.2. The molecule has 0 fully saturated rings. The molecule has 0 heterocycles. The number of ether oxygens (including phenoxy) is 2. The fourth-order valence-corrected chi connectivity index (χ4v) is 2.20. The second-order valence-corrected chi connectivity index (χ2v) is 5.96. The number of carbonyl (C=O) groups excluding carboxylic acids is 1. The summed E-state index contributed by atoms with van der Waals surface area (Å²) in [6.45, 7) is 3.45. The Kier molecular flexibility index (Phi) is 10.2. The van der Waals surface area contributed by atoms with E-state index in [1.807, 2.05) is 25.1 Å². The minimum Gasteiger partial charge on any atom is -0.382 e. The molecule has 0 N–H and O–H groups in total. The van der Waals surface area contributed by atoms with Gasteiger partial charge < -0.3 is 19.3 Å². The number of methoxy groups -OCH3 is 1. The third-order valence-corrected chi connectivity index (χ3v) is 3.54. The first-order chi connectivity index (χ1) is 11.5. The van der Waals surface area contributed by atoms with Gasteiger partial charge in [0.05, 0.1) is 13.2 Å². The highest BCUT2D eigenvalue weighted by Gasteiger charge is 2.14. The number of hydrogen-bond donors (Lipinski definition) is 0. The van der Waals surface area contributed by atoms with Crippen molar-refractivity contribution in [1.82, 2.24) is 9.80 Å². The third-order valence-electron chi connectivity index (χ3n) is 3.54. The highest BCUT2D eigenvalue weighted by molar-refractivity contribution is 5.76. The SMILES string of the molecule is COCCOCCCC(=O)N(CCN(C)C)Cc1cccc(F)c1. The fraction of sp³-hybridized carbons (Fsp3) is 0.611. The van der Waals surface area contributed by atoms with Crippen LogP contribution in [0.3, 0.4) is 0 Å². The molecule has 0 radical (unpaired) electrons. The summed E-state index contributed by atoms with van der Waals surface area (Å²) in [5, 5.41) is 0. The van der Waals surface area contributed by atoms with Gasteiger partial charge in [-0.3, -0.25) is 4.79 Å². The third kappa shape index (κ3) is 8.96. The monoisotopic (exact) mass is 340 g/mol. The summed E-state index contributed by atoms with van der Waals surface area (Å²) in [5.41, 5.74) is 0.804. The molecule has 1 aromatic carbocycles. The summed E-state index contributed by atoms with van der Waals surface area (Å²) in [7, 11) is 5.56. The van der Waals surface area contributed by atoms with Gasteiger partial charge in [-0.25, -0.2) is 4.39 Å². The van der Waals surface area contributed by atoms with Crippen molar-refractivity contribution in [3.05, 3.63) is 35.6 Å². The van der Waals surface area contributed by atoms with E-state index in [1.54, 1.807) is 18.1 Å². The maximum Gasteiger partial charge on any atom is 0.222 e. The van der Waals surface area contributed by atoms with Gasteiger partial charge >= 0.3 is 0 Å². The van der Waals surface area contributed by atoms with Gasteiger partial charge in [-0.2, -0.15) is 0 Å². The van der Waals surface area contributed by atoms with E-state index in [0.717, 1.165) is 12.1 Å². The first-order valence-corrected chi connectivity index (χ1v) is 8.26. The lowest BCUT2D eigenvalue weighted by Crippen LogP contribution is -2.36. The van der Waals surface area contributed by atoms with Crippen molar-refractivity contribution in [2.24, 2.45) is 0 Å². The van der Waals surface area contributed by atoms with Crippen LogP contribution in [-0.4, -0.2) is 69.8 Å². The molecule has 1 rings (SSSR count). The number of amides is 1. The Hall–Kier alpha value is -1.50. The summed E-state index contributed by atoms with van der Waals surface area (Å²) in [6, 6.07) is 6.40. The Balaban J connectivity index is 2.49. The van der Waals surface area contributed by atoms with Crippen molar-refractivity contribution in [2.75, 3.05) is 54.1 Å². The minimum absolute atomic E-state index is 0.0662. The smallest absolute Gasteiger partial charge is 0.222 e. The zero-order valence-electron chi connectivity index (χ0n) is 15.0. The van der Waals surface area contributed by atoms with Crippen LogP contribution in [-0.2, 0) is 20.8 Å². The van der Waals surface area contributed by atoms with E-state index in [0.29, 0.717) is 45.8 Å². The molecule has 6 heteroatoms. The number of rotatable bonds is 12. The van der Waals surface area contributed by atoms with Crippen LogP contribution in [0.2, 0.25) is 0 Å². The Labute approximate surface area is 144 Å². The van der Waals surface area contributed by atoms with E-state index >= 15 is 0 Å². The lowest BCUT2D eigenvalue weighted by molar-refractivity contribution is -0.132. The highest BCUT2D eigenvalue weighted by Crippen LogP contribution is 2.09. The predicted molar refractivity (Wildman–Crippen MR) is 92.3 cm³/mol. The van der Waals surface area contributed by atoms with Gasteiger partial charge in [0, 0.05) is 39.8 Å². The molecular weight excluding hydrogens is 311 g/mol. The fourth-order valence-electron chi connectivity index (χ4n) is 2.20. The molecule has 0 bridgehead atoms. The second-order valence-electron chi connectivity index (χ2n) is 5.96. The van der Waals surface area contributed by atoms with Crippen LogP contribution in [0.1, 0.15) is 18.4 Å². The zero-order chi connectivity index (χ0) is 17.8. The van der Waals surface area contributed by atoms with Crippen molar-refractivity contribution in [2.45, 2.75) is 19.4 Å². The van der Waals surface area contributed by atoms with Crippen LogP contribution in [0.5, 0.6) is 0 Å². The van der Waals surface area contributed by atoms with E-state index in [1.165, 1.54) is 12.1 Å². The first kappa shape index (κ1) is 20.5. The Morgan fingerprint density at radius 3 is 2.62 bits per heavy atom. The van der Waals surface area contributed by atoms with Crippen molar-refractivity contribution < 1.29 is 18.7 Å². The minimum atomic E-state index is -0.279. The van der Waals surface area contributed by atoms with Crippen molar-refractivity contribution in [3.63, 3.8) is 0 Å². The van der Waals surface area contributed by atoms with Crippen LogP contribution >= 0.6 is 0 Å². The lowest BCUT2D eigenvalue weighted by Gasteiger charge is -2.24. The number of carbonyl (C=O) groups is 1. The molecule has 1 aromatic rings. The van der Waals surface area contributed by atoms with Gasteiger partial charge in [0.25, 0.3) is 0 Å². The molecule has 5 nitrogen and oxygen atoms in total. The molecule has 1 amide bonds. The van der Waals surface area contributed by atoms with Gasteiger partial charge in [0.2, 0.25) is 5.91 Å². The summed E-state index contributed by atoms with van der Waals surface area (Å²) in [4.78, 5) is 16.3. The summed E-state index contributed by atoms with van der Waals surface area (Å²) in [6.07, 6.45) is 1.10. The molecule has 0 atom stereocenters.